The number of imide groups is 1. The fraction of sp³-hybridized carbons (Fsp3) is 0.185. The molecule has 0 unspecified atom stereocenters. The van der Waals surface area contributed by atoms with E-state index < -0.39 is 11.8 Å². The molecule has 168 valence electrons. The van der Waals surface area contributed by atoms with Gasteiger partial charge in [-0.15, -0.1) is 0 Å². The van der Waals surface area contributed by atoms with E-state index in [4.69, 9.17) is 4.74 Å². The van der Waals surface area contributed by atoms with Crippen molar-refractivity contribution >= 4 is 28.8 Å². The molecule has 1 N–H and O–H groups in total. The standard InChI is InChI=1S/C27H25FN2O3/c1-4-33-23-15-7-19(8-16-23)24-25(29-21-11-9-20(28)10-12-21)27(32)30(26(24)31)22-13-5-18(6-14-22)17(2)3/h5-17,29H,4H2,1-3H3. The third-order valence-electron chi connectivity index (χ3n) is 5.47. The predicted octanol–water partition coefficient (Wildman–Crippen LogP) is 5.74. The van der Waals surface area contributed by atoms with E-state index in [9.17, 15) is 14.0 Å². The van der Waals surface area contributed by atoms with Crippen LogP contribution >= 0.6 is 0 Å². The van der Waals surface area contributed by atoms with Crippen LogP contribution in [0.3, 0.4) is 0 Å². The van der Waals surface area contributed by atoms with E-state index in [1.165, 1.54) is 29.2 Å². The van der Waals surface area contributed by atoms with E-state index in [0.717, 1.165) is 5.56 Å². The molecule has 0 aliphatic carbocycles. The van der Waals surface area contributed by atoms with Gasteiger partial charge in [-0.3, -0.25) is 9.59 Å². The van der Waals surface area contributed by atoms with Gasteiger partial charge in [-0.25, -0.2) is 9.29 Å². The van der Waals surface area contributed by atoms with Gasteiger partial charge in [-0.05, 0) is 72.5 Å². The summed E-state index contributed by atoms with van der Waals surface area (Å²) in [7, 11) is 0. The SMILES string of the molecule is CCOc1ccc(C2=C(Nc3ccc(F)cc3)C(=O)N(c3ccc(C(C)C)cc3)C2=O)cc1. The first kappa shape index (κ1) is 22.3. The Kier molecular flexibility index (Phi) is 6.27. The smallest absolute Gasteiger partial charge is 0.282 e. The first-order valence-corrected chi connectivity index (χ1v) is 10.9. The highest BCUT2D eigenvalue weighted by atomic mass is 19.1. The molecule has 0 spiro atoms. The molecule has 0 saturated carbocycles. The molecule has 0 atom stereocenters. The van der Waals surface area contributed by atoms with Crippen LogP contribution in [0.4, 0.5) is 15.8 Å². The Labute approximate surface area is 192 Å². The summed E-state index contributed by atoms with van der Waals surface area (Å²) in [5.41, 5.74) is 3.09. The zero-order valence-corrected chi connectivity index (χ0v) is 18.8. The van der Waals surface area contributed by atoms with E-state index in [0.29, 0.717) is 35.2 Å². The van der Waals surface area contributed by atoms with Crippen molar-refractivity contribution in [3.05, 3.63) is 95.4 Å². The summed E-state index contributed by atoms with van der Waals surface area (Å²) in [5.74, 6) is -0.274. The van der Waals surface area contributed by atoms with E-state index in [1.807, 2.05) is 19.1 Å². The quantitative estimate of drug-likeness (QED) is 0.472. The number of anilines is 2. The Hall–Kier alpha value is -3.93. The number of carbonyl (C=O) groups is 2. The highest BCUT2D eigenvalue weighted by Crippen LogP contribution is 2.35. The second kappa shape index (κ2) is 9.28. The Morgan fingerprint density at radius 3 is 2.09 bits per heavy atom. The normalized spacial score (nSPS) is 13.8. The summed E-state index contributed by atoms with van der Waals surface area (Å²) < 4.78 is 18.9. The Morgan fingerprint density at radius 2 is 1.52 bits per heavy atom. The van der Waals surface area contributed by atoms with E-state index in [-0.39, 0.29) is 17.1 Å². The number of halogens is 1. The highest BCUT2D eigenvalue weighted by Gasteiger charge is 2.40. The molecular weight excluding hydrogens is 419 g/mol. The molecule has 3 aromatic carbocycles. The van der Waals surface area contributed by atoms with Crippen molar-refractivity contribution in [3.8, 4) is 5.75 Å². The number of benzene rings is 3. The van der Waals surface area contributed by atoms with Crippen LogP contribution in [0, 0.1) is 5.82 Å². The minimum Gasteiger partial charge on any atom is -0.494 e. The van der Waals surface area contributed by atoms with Gasteiger partial charge in [0.15, 0.2) is 0 Å². The molecule has 0 bridgehead atoms. The van der Waals surface area contributed by atoms with Crippen LogP contribution in [0.15, 0.2) is 78.5 Å². The minimum atomic E-state index is -0.467. The van der Waals surface area contributed by atoms with Gasteiger partial charge >= 0.3 is 0 Å². The summed E-state index contributed by atoms with van der Waals surface area (Å²) in [6.45, 7) is 6.58. The highest BCUT2D eigenvalue weighted by molar-refractivity contribution is 6.46. The molecule has 1 aliphatic rings. The lowest BCUT2D eigenvalue weighted by molar-refractivity contribution is -0.120. The summed E-state index contributed by atoms with van der Waals surface area (Å²) in [6, 6.07) is 20.1. The van der Waals surface area contributed by atoms with Crippen LogP contribution in [0.2, 0.25) is 0 Å². The number of rotatable bonds is 7. The summed E-state index contributed by atoms with van der Waals surface area (Å²) >= 11 is 0. The van der Waals surface area contributed by atoms with Crippen LogP contribution in [0.25, 0.3) is 5.57 Å². The molecule has 1 heterocycles. The Bertz CT molecular complexity index is 1200. The summed E-state index contributed by atoms with van der Waals surface area (Å²) in [6.07, 6.45) is 0. The molecule has 0 aromatic heterocycles. The number of ether oxygens (including phenoxy) is 1. The van der Waals surface area contributed by atoms with Crippen LogP contribution < -0.4 is 15.0 Å². The Morgan fingerprint density at radius 1 is 0.879 bits per heavy atom. The average molecular weight is 445 g/mol. The molecule has 3 aromatic rings. The minimum absolute atomic E-state index is 0.142. The molecule has 0 radical (unpaired) electrons. The van der Waals surface area contributed by atoms with Crippen molar-refractivity contribution in [2.45, 2.75) is 26.7 Å². The van der Waals surface area contributed by atoms with Gasteiger partial charge in [0.25, 0.3) is 11.8 Å². The first-order valence-electron chi connectivity index (χ1n) is 10.9. The van der Waals surface area contributed by atoms with Crippen LogP contribution in [-0.2, 0) is 9.59 Å². The maximum Gasteiger partial charge on any atom is 0.282 e. The van der Waals surface area contributed by atoms with Crippen molar-refractivity contribution in [3.63, 3.8) is 0 Å². The summed E-state index contributed by atoms with van der Waals surface area (Å²) in [5, 5.41) is 3.04. The molecule has 0 saturated heterocycles. The van der Waals surface area contributed by atoms with Gasteiger partial charge in [0.1, 0.15) is 17.3 Å². The lowest BCUT2D eigenvalue weighted by Crippen LogP contribution is -2.32. The maximum atomic E-state index is 13.5. The molecule has 4 rings (SSSR count). The average Bonchev–Trinajstić information content (AvgIpc) is 3.05. The molecule has 2 amide bonds. The van der Waals surface area contributed by atoms with E-state index in [1.54, 1.807) is 36.4 Å². The second-order valence-electron chi connectivity index (χ2n) is 8.03. The third-order valence-corrected chi connectivity index (χ3v) is 5.47. The lowest BCUT2D eigenvalue weighted by atomic mass is 10.0. The largest absolute Gasteiger partial charge is 0.494 e. The summed E-state index contributed by atoms with van der Waals surface area (Å²) in [4.78, 5) is 28.1. The lowest BCUT2D eigenvalue weighted by Gasteiger charge is -2.16. The first-order chi connectivity index (χ1) is 15.9. The fourth-order valence-electron chi connectivity index (χ4n) is 3.72. The monoisotopic (exact) mass is 444 g/mol. The predicted molar refractivity (Wildman–Crippen MR) is 128 cm³/mol. The van der Waals surface area contributed by atoms with Crippen LogP contribution in [-0.4, -0.2) is 18.4 Å². The molecule has 1 aliphatic heterocycles. The molecule has 6 heteroatoms. The van der Waals surface area contributed by atoms with Crippen LogP contribution in [0.1, 0.15) is 37.8 Å². The number of amides is 2. The molecule has 0 fully saturated rings. The Balaban J connectivity index is 1.75. The molecule has 33 heavy (non-hydrogen) atoms. The molecule has 5 nitrogen and oxygen atoms in total. The van der Waals surface area contributed by atoms with E-state index >= 15 is 0 Å². The zero-order valence-electron chi connectivity index (χ0n) is 18.8. The van der Waals surface area contributed by atoms with E-state index in [2.05, 4.69) is 19.2 Å². The van der Waals surface area contributed by atoms with Gasteiger partial charge in [0.2, 0.25) is 0 Å². The number of hydrogen-bond donors (Lipinski definition) is 1. The topological polar surface area (TPSA) is 58.6 Å². The van der Waals surface area contributed by atoms with Crippen molar-refractivity contribution < 1.29 is 18.7 Å². The van der Waals surface area contributed by atoms with Gasteiger partial charge < -0.3 is 10.1 Å². The van der Waals surface area contributed by atoms with Crippen molar-refractivity contribution in [2.24, 2.45) is 0 Å². The van der Waals surface area contributed by atoms with Crippen molar-refractivity contribution in [1.29, 1.82) is 0 Å². The van der Waals surface area contributed by atoms with Gasteiger partial charge in [-0.2, -0.15) is 0 Å². The van der Waals surface area contributed by atoms with Crippen LogP contribution in [0.5, 0.6) is 5.75 Å². The number of nitrogens with zero attached hydrogens (tertiary/aromatic N) is 1. The maximum absolute atomic E-state index is 13.5. The third kappa shape index (κ3) is 4.51. The van der Waals surface area contributed by atoms with Gasteiger partial charge in [-0.1, -0.05) is 38.1 Å². The van der Waals surface area contributed by atoms with Crippen molar-refractivity contribution in [2.75, 3.05) is 16.8 Å². The number of carbonyl (C=O) groups excluding carboxylic acids is 2. The fourth-order valence-corrected chi connectivity index (χ4v) is 3.72. The number of nitrogens with one attached hydrogen (secondary N) is 1. The zero-order chi connectivity index (χ0) is 23.5. The number of hydrogen-bond acceptors (Lipinski definition) is 4. The second-order valence-corrected chi connectivity index (χ2v) is 8.03. The molecular formula is C27H25FN2O3. The van der Waals surface area contributed by atoms with Gasteiger partial charge in [0, 0.05) is 5.69 Å². The van der Waals surface area contributed by atoms with Crippen molar-refractivity contribution in [1.82, 2.24) is 0 Å². The van der Waals surface area contributed by atoms with Gasteiger partial charge in [0.05, 0.1) is 17.9 Å².